The Morgan fingerprint density at radius 2 is 1.66 bits per heavy atom. The second kappa shape index (κ2) is 10.3. The zero-order valence-electron chi connectivity index (χ0n) is 19.9. The van der Waals surface area contributed by atoms with E-state index in [2.05, 4.69) is 4.98 Å². The summed E-state index contributed by atoms with van der Waals surface area (Å²) in [5.41, 5.74) is 2.08. The number of fused-ring (bicyclic) bond motifs is 1. The lowest BCUT2D eigenvalue weighted by atomic mass is 10.0. The molecule has 5 aromatic rings. The summed E-state index contributed by atoms with van der Waals surface area (Å²) in [6.45, 7) is 0.0547. The maximum Gasteiger partial charge on any atom is 0.187 e. The quantitative estimate of drug-likeness (QED) is 0.254. The Morgan fingerprint density at radius 3 is 2.42 bits per heavy atom. The summed E-state index contributed by atoms with van der Waals surface area (Å²) in [5, 5.41) is -0.290. The molecule has 0 radical (unpaired) electrons. The van der Waals surface area contributed by atoms with Crippen LogP contribution in [0.4, 0.5) is 13.2 Å². The van der Waals surface area contributed by atoms with Crippen molar-refractivity contribution in [1.82, 2.24) is 9.55 Å². The van der Waals surface area contributed by atoms with Gasteiger partial charge >= 0.3 is 0 Å². The van der Waals surface area contributed by atoms with Crippen molar-refractivity contribution in [3.8, 4) is 11.1 Å². The molecule has 2 aromatic heterocycles. The Morgan fingerprint density at radius 1 is 0.868 bits per heavy atom. The Bertz CT molecular complexity index is 1770. The Kier molecular flexibility index (Phi) is 6.86. The van der Waals surface area contributed by atoms with E-state index in [0.717, 1.165) is 6.07 Å². The molecule has 0 atom stereocenters. The van der Waals surface area contributed by atoms with Crippen LogP contribution in [0.3, 0.4) is 0 Å². The van der Waals surface area contributed by atoms with Gasteiger partial charge in [-0.3, -0.25) is 9.78 Å². The molecule has 38 heavy (non-hydrogen) atoms. The van der Waals surface area contributed by atoms with Crippen LogP contribution in [-0.4, -0.2) is 29.5 Å². The van der Waals surface area contributed by atoms with Gasteiger partial charge in [0.05, 0.1) is 15.8 Å². The van der Waals surface area contributed by atoms with E-state index in [-0.39, 0.29) is 23.9 Å². The van der Waals surface area contributed by atoms with Crippen molar-refractivity contribution in [2.45, 2.75) is 17.9 Å². The number of aromatic nitrogens is 2. The van der Waals surface area contributed by atoms with Gasteiger partial charge in [-0.2, -0.15) is 0 Å². The van der Waals surface area contributed by atoms with Gasteiger partial charge in [0.1, 0.15) is 23.2 Å². The van der Waals surface area contributed by atoms with Crippen LogP contribution in [-0.2, 0) is 27.6 Å². The van der Waals surface area contributed by atoms with Gasteiger partial charge in [0.25, 0.3) is 0 Å². The number of pyridine rings is 1. The number of sulfone groups is 1. The number of carbonyl (C=O) groups excluding carboxylic acids is 1. The molecule has 5 rings (SSSR count). The number of hydrogen-bond acceptors (Lipinski definition) is 4. The van der Waals surface area contributed by atoms with Crippen molar-refractivity contribution in [3.05, 3.63) is 120 Å². The van der Waals surface area contributed by atoms with Gasteiger partial charge in [0, 0.05) is 42.7 Å². The molecule has 0 N–H and O–H groups in total. The molecule has 0 amide bonds. The summed E-state index contributed by atoms with van der Waals surface area (Å²) in [6.07, 6.45) is 2.51. The molecule has 0 saturated heterocycles. The SMILES string of the molecule is O=C(Cc1ccccn1)CS(=O)(=O)c1cn(Cc2cccc(-c3ccccc3F)c2)c2cc(F)cc(F)c12. The summed E-state index contributed by atoms with van der Waals surface area (Å²) in [5.74, 6) is -3.78. The summed E-state index contributed by atoms with van der Waals surface area (Å²) < 4.78 is 71.4. The van der Waals surface area contributed by atoms with Crippen LogP contribution >= 0.6 is 0 Å². The molecule has 0 bridgehead atoms. The number of ketones is 1. The lowest BCUT2D eigenvalue weighted by Gasteiger charge is -2.09. The number of benzene rings is 3. The highest BCUT2D eigenvalue weighted by Gasteiger charge is 2.27. The summed E-state index contributed by atoms with van der Waals surface area (Å²) in [4.78, 5) is 16.2. The molecule has 0 unspecified atom stereocenters. The predicted molar refractivity (Wildman–Crippen MR) is 138 cm³/mol. The van der Waals surface area contributed by atoms with Crippen molar-refractivity contribution in [3.63, 3.8) is 0 Å². The zero-order chi connectivity index (χ0) is 26.9. The van der Waals surface area contributed by atoms with Gasteiger partial charge in [-0.1, -0.05) is 42.5 Å². The monoisotopic (exact) mass is 534 g/mol. The molecule has 0 aliphatic heterocycles. The summed E-state index contributed by atoms with van der Waals surface area (Å²) >= 11 is 0. The number of nitrogens with zero attached hydrogens (tertiary/aromatic N) is 2. The third-order valence-electron chi connectivity index (χ3n) is 6.12. The maximum atomic E-state index is 14.9. The second-order valence-electron chi connectivity index (χ2n) is 8.88. The highest BCUT2D eigenvalue weighted by Crippen LogP contribution is 2.31. The minimum Gasteiger partial charge on any atom is -0.342 e. The third kappa shape index (κ3) is 5.24. The van der Waals surface area contributed by atoms with Crippen LogP contribution < -0.4 is 0 Å². The largest absolute Gasteiger partial charge is 0.342 e. The molecule has 0 aliphatic rings. The van der Waals surface area contributed by atoms with Gasteiger partial charge in [-0.05, 0) is 41.5 Å². The molecule has 3 aromatic carbocycles. The number of carbonyl (C=O) groups is 1. The number of hydrogen-bond donors (Lipinski definition) is 0. The van der Waals surface area contributed by atoms with Crippen molar-refractivity contribution < 1.29 is 26.4 Å². The molecule has 9 heteroatoms. The number of Topliss-reactive ketones (excluding diaryl/α,β-unsaturated/α-hetero) is 1. The van der Waals surface area contributed by atoms with Gasteiger partial charge in [0.15, 0.2) is 15.6 Å². The van der Waals surface area contributed by atoms with E-state index >= 15 is 0 Å². The van der Waals surface area contributed by atoms with Crippen LogP contribution in [0.25, 0.3) is 22.0 Å². The first-order valence-electron chi connectivity index (χ1n) is 11.7. The minimum atomic E-state index is -4.28. The standard InChI is InChI=1S/C29H21F3N2O3S/c30-21-13-26(32)29-27(14-21)34(16-19-6-5-7-20(12-19)24-9-1-2-10-25(24)31)17-28(29)38(36,37)18-23(35)15-22-8-3-4-11-33-22/h1-14,17H,15-16,18H2. The minimum absolute atomic E-state index is 0.0227. The fourth-order valence-electron chi connectivity index (χ4n) is 4.45. The molecule has 192 valence electrons. The molecule has 2 heterocycles. The first kappa shape index (κ1) is 25.4. The Labute approximate surface area is 217 Å². The summed E-state index contributed by atoms with van der Waals surface area (Å²) in [7, 11) is -4.28. The number of halogens is 3. The lowest BCUT2D eigenvalue weighted by molar-refractivity contribution is -0.116. The van der Waals surface area contributed by atoms with Crippen LogP contribution in [0.5, 0.6) is 0 Å². The van der Waals surface area contributed by atoms with Crippen molar-refractivity contribution in [1.29, 1.82) is 0 Å². The van der Waals surface area contributed by atoms with Gasteiger partial charge in [0.2, 0.25) is 0 Å². The molecule has 0 aliphatic carbocycles. The van der Waals surface area contributed by atoms with E-state index in [9.17, 15) is 26.4 Å². The smallest absolute Gasteiger partial charge is 0.187 e. The predicted octanol–water partition coefficient (Wildman–Crippen LogP) is 5.75. The lowest BCUT2D eigenvalue weighted by Crippen LogP contribution is -2.18. The molecule has 0 saturated carbocycles. The average molecular weight is 535 g/mol. The van der Waals surface area contributed by atoms with Crippen LogP contribution in [0, 0.1) is 17.5 Å². The highest BCUT2D eigenvalue weighted by molar-refractivity contribution is 7.92. The molecular weight excluding hydrogens is 513 g/mol. The molecule has 5 nitrogen and oxygen atoms in total. The van der Waals surface area contributed by atoms with Crippen LogP contribution in [0.2, 0.25) is 0 Å². The van der Waals surface area contributed by atoms with Crippen LogP contribution in [0.1, 0.15) is 11.3 Å². The first-order chi connectivity index (χ1) is 18.2. The summed E-state index contributed by atoms with van der Waals surface area (Å²) in [6, 6.07) is 19.8. The van der Waals surface area contributed by atoms with Gasteiger partial charge in [-0.25, -0.2) is 21.6 Å². The Hall–Kier alpha value is -4.24. The van der Waals surface area contributed by atoms with Gasteiger partial charge < -0.3 is 4.57 Å². The van der Waals surface area contributed by atoms with Crippen molar-refractivity contribution >= 4 is 26.5 Å². The first-order valence-corrected chi connectivity index (χ1v) is 13.3. The van der Waals surface area contributed by atoms with E-state index < -0.39 is 43.7 Å². The highest BCUT2D eigenvalue weighted by atomic mass is 32.2. The van der Waals surface area contributed by atoms with E-state index in [1.54, 1.807) is 60.7 Å². The normalized spacial score (nSPS) is 11.7. The fourth-order valence-corrected chi connectivity index (χ4v) is 5.93. The maximum absolute atomic E-state index is 14.9. The molecule has 0 fully saturated rings. The van der Waals surface area contributed by atoms with Gasteiger partial charge in [-0.15, -0.1) is 0 Å². The van der Waals surface area contributed by atoms with E-state index in [0.29, 0.717) is 28.5 Å². The molecular formula is C29H21F3N2O3S. The average Bonchev–Trinajstić information content (AvgIpc) is 3.24. The van der Waals surface area contributed by atoms with E-state index in [1.807, 2.05) is 0 Å². The molecule has 0 spiro atoms. The third-order valence-corrected chi connectivity index (χ3v) is 7.80. The van der Waals surface area contributed by atoms with E-state index in [4.69, 9.17) is 0 Å². The topological polar surface area (TPSA) is 69.0 Å². The second-order valence-corrected chi connectivity index (χ2v) is 10.8. The van der Waals surface area contributed by atoms with Crippen LogP contribution in [0.15, 0.2) is 96.2 Å². The van der Waals surface area contributed by atoms with Crippen molar-refractivity contribution in [2.75, 3.05) is 5.75 Å². The van der Waals surface area contributed by atoms with Crippen molar-refractivity contribution in [2.24, 2.45) is 0 Å². The number of rotatable bonds is 8. The van der Waals surface area contributed by atoms with E-state index in [1.165, 1.54) is 23.0 Å². The zero-order valence-corrected chi connectivity index (χ0v) is 20.8. The fraction of sp³-hybridized carbons (Fsp3) is 0.103. The Balaban J connectivity index is 1.52.